The number of nitrogens with one attached hydrogen (secondary N) is 1. The summed E-state index contributed by atoms with van der Waals surface area (Å²) in [5.74, 6) is 0.192. The van der Waals surface area contributed by atoms with Crippen LogP contribution in [0.3, 0.4) is 0 Å². The molecule has 2 amide bonds. The lowest BCUT2D eigenvalue weighted by Gasteiger charge is -2.13. The molecule has 0 atom stereocenters. The maximum atomic E-state index is 13.0. The fourth-order valence-electron chi connectivity index (χ4n) is 3.24. The lowest BCUT2D eigenvalue weighted by Crippen LogP contribution is -2.33. The van der Waals surface area contributed by atoms with Gasteiger partial charge in [-0.15, -0.1) is 0 Å². The lowest BCUT2D eigenvalue weighted by atomic mass is 10.0. The van der Waals surface area contributed by atoms with Crippen LogP contribution in [0.2, 0.25) is 0 Å². The molecule has 0 saturated carbocycles. The summed E-state index contributed by atoms with van der Waals surface area (Å²) in [6.45, 7) is 6.94. The van der Waals surface area contributed by atoms with Crippen LogP contribution >= 0.6 is 0 Å². The van der Waals surface area contributed by atoms with Gasteiger partial charge in [0.2, 0.25) is 0 Å². The monoisotopic (exact) mass is 378 g/mol. The van der Waals surface area contributed by atoms with Crippen LogP contribution in [-0.2, 0) is 16.0 Å². The van der Waals surface area contributed by atoms with E-state index >= 15 is 0 Å². The number of amides is 2. The molecule has 1 aliphatic rings. The standard InChI is InChI=1S/C23H26N2O3/c1-4-15-25-22(26)20(17-9-13-19(14-10-17)28-6-3)21(23(25)27)24-18-11-7-16(5-2)8-12-18/h7-14,24H,4-6,15H2,1-3H3. The predicted molar refractivity (Wildman–Crippen MR) is 111 cm³/mol. The van der Waals surface area contributed by atoms with Crippen LogP contribution < -0.4 is 10.1 Å². The van der Waals surface area contributed by atoms with Gasteiger partial charge < -0.3 is 10.1 Å². The summed E-state index contributed by atoms with van der Waals surface area (Å²) < 4.78 is 5.48. The zero-order valence-corrected chi connectivity index (χ0v) is 16.6. The van der Waals surface area contributed by atoms with Gasteiger partial charge in [0.15, 0.2) is 0 Å². The summed E-state index contributed by atoms with van der Waals surface area (Å²) in [5, 5.41) is 3.19. The summed E-state index contributed by atoms with van der Waals surface area (Å²) in [7, 11) is 0. The van der Waals surface area contributed by atoms with Crippen molar-refractivity contribution in [3.63, 3.8) is 0 Å². The first-order valence-corrected chi connectivity index (χ1v) is 9.78. The second-order valence-electron chi connectivity index (χ2n) is 6.64. The van der Waals surface area contributed by atoms with Gasteiger partial charge in [0.05, 0.1) is 12.2 Å². The molecule has 0 bridgehead atoms. The van der Waals surface area contributed by atoms with E-state index in [0.717, 1.165) is 17.9 Å². The Balaban J connectivity index is 1.99. The first kappa shape index (κ1) is 19.7. The largest absolute Gasteiger partial charge is 0.494 e. The zero-order chi connectivity index (χ0) is 20.1. The lowest BCUT2D eigenvalue weighted by molar-refractivity contribution is -0.136. The topological polar surface area (TPSA) is 58.6 Å². The molecule has 0 fully saturated rings. The van der Waals surface area contributed by atoms with Crippen LogP contribution in [-0.4, -0.2) is 29.9 Å². The Labute approximate surface area is 166 Å². The molecule has 1 aliphatic heterocycles. The van der Waals surface area contributed by atoms with Crippen molar-refractivity contribution in [3.8, 4) is 5.75 Å². The first-order valence-electron chi connectivity index (χ1n) is 9.78. The minimum atomic E-state index is -0.282. The number of rotatable bonds is 8. The van der Waals surface area contributed by atoms with Gasteiger partial charge in [-0.05, 0) is 55.2 Å². The van der Waals surface area contributed by atoms with Gasteiger partial charge in [-0.25, -0.2) is 0 Å². The van der Waals surface area contributed by atoms with Crippen LogP contribution in [0.1, 0.15) is 38.3 Å². The number of nitrogens with zero attached hydrogens (tertiary/aromatic N) is 1. The fourth-order valence-corrected chi connectivity index (χ4v) is 3.24. The Hall–Kier alpha value is -3.08. The minimum absolute atomic E-state index is 0.260. The number of anilines is 1. The Morgan fingerprint density at radius 1 is 0.893 bits per heavy atom. The molecule has 0 unspecified atom stereocenters. The van der Waals surface area contributed by atoms with Crippen LogP contribution in [0.4, 0.5) is 5.69 Å². The summed E-state index contributed by atoms with van der Waals surface area (Å²) in [4.78, 5) is 27.3. The molecule has 5 nitrogen and oxygen atoms in total. The van der Waals surface area contributed by atoms with Crippen LogP contribution in [0, 0.1) is 0 Å². The van der Waals surface area contributed by atoms with Gasteiger partial charge in [0, 0.05) is 12.2 Å². The van der Waals surface area contributed by atoms with Crippen molar-refractivity contribution in [2.75, 3.05) is 18.5 Å². The summed E-state index contributed by atoms with van der Waals surface area (Å²) in [6.07, 6.45) is 1.66. The van der Waals surface area contributed by atoms with Crippen molar-refractivity contribution in [1.82, 2.24) is 4.90 Å². The number of carbonyl (C=O) groups is 2. The van der Waals surface area contributed by atoms with Gasteiger partial charge >= 0.3 is 0 Å². The van der Waals surface area contributed by atoms with E-state index in [2.05, 4.69) is 12.2 Å². The molecule has 28 heavy (non-hydrogen) atoms. The molecule has 0 saturated heterocycles. The van der Waals surface area contributed by atoms with Crippen LogP contribution in [0.25, 0.3) is 5.57 Å². The van der Waals surface area contributed by atoms with Gasteiger partial charge in [0.25, 0.3) is 11.8 Å². The van der Waals surface area contributed by atoms with E-state index in [1.807, 2.05) is 62.4 Å². The third-order valence-electron chi connectivity index (χ3n) is 4.70. The summed E-state index contributed by atoms with van der Waals surface area (Å²) in [5.41, 5.74) is 3.43. The molecular formula is C23H26N2O3. The number of imide groups is 1. The Morgan fingerprint density at radius 3 is 2.14 bits per heavy atom. The average Bonchev–Trinajstić information content (AvgIpc) is 2.94. The molecule has 0 aliphatic carbocycles. The highest BCUT2D eigenvalue weighted by atomic mass is 16.5. The number of carbonyl (C=O) groups excluding carboxylic acids is 2. The second-order valence-corrected chi connectivity index (χ2v) is 6.64. The smallest absolute Gasteiger partial charge is 0.278 e. The quantitative estimate of drug-likeness (QED) is 0.698. The minimum Gasteiger partial charge on any atom is -0.494 e. The van der Waals surface area contributed by atoms with Crippen molar-refractivity contribution < 1.29 is 14.3 Å². The number of ether oxygens (including phenoxy) is 1. The normalized spacial score (nSPS) is 14.0. The van der Waals surface area contributed by atoms with Crippen molar-refractivity contribution in [2.45, 2.75) is 33.6 Å². The first-order chi connectivity index (χ1) is 13.6. The Kier molecular flexibility index (Phi) is 6.14. The molecule has 3 rings (SSSR count). The molecule has 1 N–H and O–H groups in total. The van der Waals surface area contributed by atoms with E-state index in [4.69, 9.17) is 4.74 Å². The van der Waals surface area contributed by atoms with Gasteiger partial charge in [-0.3, -0.25) is 14.5 Å². The Morgan fingerprint density at radius 2 is 1.57 bits per heavy atom. The average molecular weight is 378 g/mol. The molecule has 0 spiro atoms. The molecular weight excluding hydrogens is 352 g/mol. The number of benzene rings is 2. The van der Waals surface area contributed by atoms with Gasteiger partial charge in [-0.2, -0.15) is 0 Å². The second kappa shape index (κ2) is 8.74. The maximum Gasteiger partial charge on any atom is 0.278 e. The highest BCUT2D eigenvalue weighted by Crippen LogP contribution is 2.31. The van der Waals surface area contributed by atoms with E-state index in [1.165, 1.54) is 10.5 Å². The predicted octanol–water partition coefficient (Wildman–Crippen LogP) is 4.25. The third kappa shape index (κ3) is 3.93. The van der Waals surface area contributed by atoms with E-state index in [0.29, 0.717) is 36.4 Å². The van der Waals surface area contributed by atoms with E-state index in [1.54, 1.807) is 0 Å². The highest BCUT2D eigenvalue weighted by molar-refractivity contribution is 6.36. The van der Waals surface area contributed by atoms with Crippen LogP contribution in [0.15, 0.2) is 54.2 Å². The fraction of sp³-hybridized carbons (Fsp3) is 0.304. The Bertz CT molecular complexity index is 883. The van der Waals surface area contributed by atoms with Crippen molar-refractivity contribution >= 4 is 23.1 Å². The molecule has 5 heteroatoms. The molecule has 1 heterocycles. The van der Waals surface area contributed by atoms with E-state index in [9.17, 15) is 9.59 Å². The number of aryl methyl sites for hydroxylation is 1. The molecule has 0 aromatic heterocycles. The molecule has 2 aromatic carbocycles. The van der Waals surface area contributed by atoms with Crippen molar-refractivity contribution in [1.29, 1.82) is 0 Å². The van der Waals surface area contributed by atoms with Gasteiger partial charge in [-0.1, -0.05) is 38.1 Å². The zero-order valence-electron chi connectivity index (χ0n) is 16.6. The molecule has 0 radical (unpaired) electrons. The van der Waals surface area contributed by atoms with E-state index < -0.39 is 0 Å². The molecule has 2 aromatic rings. The van der Waals surface area contributed by atoms with Crippen molar-refractivity contribution in [3.05, 3.63) is 65.4 Å². The maximum absolute atomic E-state index is 13.0. The highest BCUT2D eigenvalue weighted by Gasteiger charge is 2.38. The third-order valence-corrected chi connectivity index (χ3v) is 4.70. The number of hydrogen-bond acceptors (Lipinski definition) is 4. The van der Waals surface area contributed by atoms with Gasteiger partial charge in [0.1, 0.15) is 11.4 Å². The van der Waals surface area contributed by atoms with Crippen LogP contribution in [0.5, 0.6) is 5.75 Å². The van der Waals surface area contributed by atoms with Crippen molar-refractivity contribution in [2.24, 2.45) is 0 Å². The number of hydrogen-bond donors (Lipinski definition) is 1. The summed E-state index contributed by atoms with van der Waals surface area (Å²) >= 11 is 0. The molecule has 146 valence electrons. The summed E-state index contributed by atoms with van der Waals surface area (Å²) in [6, 6.07) is 15.2. The van der Waals surface area contributed by atoms with E-state index in [-0.39, 0.29) is 11.8 Å². The SMILES string of the molecule is CCCN1C(=O)C(Nc2ccc(CC)cc2)=C(c2ccc(OCC)cc2)C1=O.